The molecule has 1 aromatic heterocycles. The van der Waals surface area contributed by atoms with Crippen LogP contribution in [0.3, 0.4) is 0 Å². The number of hydrogen-bond donors (Lipinski definition) is 2. The molecule has 2 unspecified atom stereocenters. The fraction of sp³-hybridized carbons (Fsp3) is 0.682. The molecule has 156 valence electrons. The van der Waals surface area contributed by atoms with E-state index in [-0.39, 0.29) is 0 Å². The Kier molecular flexibility index (Phi) is 7.18. The third-order valence-electron chi connectivity index (χ3n) is 6.24. The van der Waals surface area contributed by atoms with E-state index in [4.69, 9.17) is 5.10 Å². The second-order valence-corrected chi connectivity index (χ2v) is 8.54. The van der Waals surface area contributed by atoms with Crippen molar-refractivity contribution in [2.24, 2.45) is 0 Å². The van der Waals surface area contributed by atoms with Gasteiger partial charge in [-0.05, 0) is 84.9 Å². The van der Waals surface area contributed by atoms with Crippen LogP contribution in [0.4, 0.5) is 5.82 Å². The lowest BCUT2D eigenvalue weighted by Crippen LogP contribution is -2.37. The van der Waals surface area contributed by atoms with Crippen molar-refractivity contribution in [3.05, 3.63) is 18.2 Å². The number of piperidine rings is 1. The third-order valence-corrected chi connectivity index (χ3v) is 6.24. The van der Waals surface area contributed by atoms with Crippen molar-refractivity contribution >= 4 is 16.7 Å². The van der Waals surface area contributed by atoms with Crippen molar-refractivity contribution < 1.29 is 5.11 Å². The van der Waals surface area contributed by atoms with Gasteiger partial charge in [-0.1, -0.05) is 6.42 Å². The quantitative estimate of drug-likeness (QED) is 0.686. The molecule has 2 aromatic rings. The molecule has 6 nitrogen and oxygen atoms in total. The molecule has 2 atom stereocenters. The third kappa shape index (κ3) is 5.17. The number of aryl methyl sites for hydroxylation is 1. The molecule has 0 radical (unpaired) electrons. The highest BCUT2D eigenvalue weighted by atomic mass is 16.3. The Labute approximate surface area is 169 Å². The zero-order chi connectivity index (χ0) is 20.1. The van der Waals surface area contributed by atoms with Gasteiger partial charge >= 0.3 is 0 Å². The standard InChI is InChI=1S/C22H37N5O/c1-17(25(3)4)10-12-23-22-20-16-19(28)8-9-21(20)27(24-22)15-11-18(2)26-13-6-5-7-14-26/h8-9,16-18,28H,5-7,10-15H2,1-4H3,(H,23,24). The number of nitrogens with one attached hydrogen (secondary N) is 1. The van der Waals surface area contributed by atoms with Crippen molar-refractivity contribution in [3.8, 4) is 5.75 Å². The van der Waals surface area contributed by atoms with E-state index in [9.17, 15) is 5.11 Å². The number of rotatable bonds is 9. The Morgan fingerprint density at radius 2 is 1.89 bits per heavy atom. The summed E-state index contributed by atoms with van der Waals surface area (Å²) in [6.45, 7) is 8.79. The maximum Gasteiger partial charge on any atom is 0.156 e. The second-order valence-electron chi connectivity index (χ2n) is 8.54. The fourth-order valence-corrected chi connectivity index (χ4v) is 3.98. The molecule has 1 aliphatic heterocycles. The predicted octanol–water partition coefficient (Wildman–Crippen LogP) is 3.76. The number of likely N-dealkylation sites (tertiary alicyclic amines) is 1. The molecule has 1 saturated heterocycles. The summed E-state index contributed by atoms with van der Waals surface area (Å²) in [5.41, 5.74) is 1.09. The number of aromatic nitrogens is 2. The summed E-state index contributed by atoms with van der Waals surface area (Å²) in [6.07, 6.45) is 6.17. The molecular formula is C22H37N5O. The first-order chi connectivity index (χ1) is 13.5. The lowest BCUT2D eigenvalue weighted by molar-refractivity contribution is 0.162. The first kappa shape index (κ1) is 20.9. The highest BCUT2D eigenvalue weighted by Gasteiger charge is 2.18. The molecule has 1 aromatic carbocycles. The van der Waals surface area contributed by atoms with Crippen molar-refractivity contribution in [1.29, 1.82) is 0 Å². The minimum absolute atomic E-state index is 0.290. The van der Waals surface area contributed by atoms with E-state index in [0.717, 1.165) is 42.7 Å². The number of aromatic hydroxyl groups is 1. The van der Waals surface area contributed by atoms with Gasteiger partial charge in [0, 0.05) is 30.6 Å². The van der Waals surface area contributed by atoms with Gasteiger partial charge in [-0.2, -0.15) is 5.10 Å². The largest absolute Gasteiger partial charge is 0.508 e. The van der Waals surface area contributed by atoms with Gasteiger partial charge in [0.05, 0.1) is 5.52 Å². The molecule has 0 amide bonds. The van der Waals surface area contributed by atoms with Crippen LogP contribution in [0.1, 0.15) is 46.0 Å². The molecule has 0 aliphatic carbocycles. The van der Waals surface area contributed by atoms with Crippen molar-refractivity contribution in [3.63, 3.8) is 0 Å². The van der Waals surface area contributed by atoms with Gasteiger partial charge in [-0.15, -0.1) is 0 Å². The number of benzene rings is 1. The summed E-state index contributed by atoms with van der Waals surface area (Å²) < 4.78 is 2.10. The molecule has 3 rings (SSSR count). The highest BCUT2D eigenvalue weighted by molar-refractivity contribution is 5.91. The predicted molar refractivity (Wildman–Crippen MR) is 117 cm³/mol. The molecule has 6 heteroatoms. The lowest BCUT2D eigenvalue weighted by atomic mass is 10.1. The van der Waals surface area contributed by atoms with Gasteiger partial charge in [0.1, 0.15) is 5.75 Å². The Bertz CT molecular complexity index is 751. The molecule has 0 saturated carbocycles. The van der Waals surface area contributed by atoms with Gasteiger partial charge in [0.25, 0.3) is 0 Å². The van der Waals surface area contributed by atoms with Crippen LogP contribution in [0.5, 0.6) is 5.75 Å². The van der Waals surface area contributed by atoms with E-state index in [0.29, 0.717) is 17.8 Å². The summed E-state index contributed by atoms with van der Waals surface area (Å²) in [5, 5.41) is 19.3. The number of nitrogens with zero attached hydrogens (tertiary/aromatic N) is 4. The summed E-state index contributed by atoms with van der Waals surface area (Å²) in [7, 11) is 4.21. The summed E-state index contributed by atoms with van der Waals surface area (Å²) in [5.74, 6) is 1.17. The molecule has 28 heavy (non-hydrogen) atoms. The van der Waals surface area contributed by atoms with Crippen LogP contribution in [-0.4, -0.2) is 70.5 Å². The zero-order valence-corrected chi connectivity index (χ0v) is 18.0. The first-order valence-electron chi connectivity index (χ1n) is 10.8. The van der Waals surface area contributed by atoms with E-state index >= 15 is 0 Å². The van der Waals surface area contributed by atoms with Crippen LogP contribution >= 0.6 is 0 Å². The van der Waals surface area contributed by atoms with Crippen LogP contribution in [0.15, 0.2) is 18.2 Å². The average Bonchev–Trinajstić information content (AvgIpc) is 3.03. The van der Waals surface area contributed by atoms with Gasteiger partial charge in [-0.3, -0.25) is 4.68 Å². The molecule has 2 heterocycles. The minimum atomic E-state index is 0.290. The second kappa shape index (κ2) is 9.61. The summed E-state index contributed by atoms with van der Waals surface area (Å²) in [6, 6.07) is 6.65. The van der Waals surface area contributed by atoms with E-state index in [2.05, 4.69) is 47.7 Å². The van der Waals surface area contributed by atoms with Crippen LogP contribution in [-0.2, 0) is 6.54 Å². The Balaban J connectivity index is 1.68. The van der Waals surface area contributed by atoms with Gasteiger partial charge in [0.15, 0.2) is 5.82 Å². The Morgan fingerprint density at radius 1 is 1.14 bits per heavy atom. The molecule has 1 fully saturated rings. The summed E-state index contributed by atoms with van der Waals surface area (Å²) >= 11 is 0. The molecular weight excluding hydrogens is 350 g/mol. The first-order valence-corrected chi connectivity index (χ1v) is 10.8. The Hall–Kier alpha value is -1.79. The lowest BCUT2D eigenvalue weighted by Gasteiger charge is -2.32. The van der Waals surface area contributed by atoms with Crippen molar-refractivity contribution in [2.45, 2.75) is 64.6 Å². The SMILES string of the molecule is CC(CCNc1nn(CCC(C)N2CCCCC2)c2ccc(O)cc12)N(C)C. The van der Waals surface area contributed by atoms with Crippen LogP contribution in [0.2, 0.25) is 0 Å². The van der Waals surface area contributed by atoms with Gasteiger partial charge in [0.2, 0.25) is 0 Å². The van der Waals surface area contributed by atoms with E-state index in [1.807, 2.05) is 12.1 Å². The maximum absolute atomic E-state index is 9.96. The molecule has 0 bridgehead atoms. The van der Waals surface area contributed by atoms with E-state index in [1.54, 1.807) is 6.07 Å². The monoisotopic (exact) mass is 387 g/mol. The van der Waals surface area contributed by atoms with Crippen molar-refractivity contribution in [2.75, 3.05) is 39.0 Å². The maximum atomic E-state index is 9.96. The number of phenols is 1. The molecule has 2 N–H and O–H groups in total. The number of fused-ring (bicyclic) bond motifs is 1. The van der Waals surface area contributed by atoms with Gasteiger partial charge < -0.3 is 20.2 Å². The number of anilines is 1. The highest BCUT2D eigenvalue weighted by Crippen LogP contribution is 2.27. The smallest absolute Gasteiger partial charge is 0.156 e. The van der Waals surface area contributed by atoms with Gasteiger partial charge in [-0.25, -0.2) is 0 Å². The van der Waals surface area contributed by atoms with E-state index in [1.165, 1.54) is 32.4 Å². The normalized spacial score (nSPS) is 17.9. The zero-order valence-electron chi connectivity index (χ0n) is 18.0. The van der Waals surface area contributed by atoms with Crippen LogP contribution in [0.25, 0.3) is 10.9 Å². The Morgan fingerprint density at radius 3 is 2.61 bits per heavy atom. The minimum Gasteiger partial charge on any atom is -0.508 e. The topological polar surface area (TPSA) is 56.6 Å². The molecule has 1 aliphatic rings. The number of phenolic OH excluding ortho intramolecular Hbond substituents is 1. The molecule has 0 spiro atoms. The fourth-order valence-electron chi connectivity index (χ4n) is 3.98. The van der Waals surface area contributed by atoms with Crippen molar-refractivity contribution in [1.82, 2.24) is 19.6 Å². The van der Waals surface area contributed by atoms with E-state index < -0.39 is 0 Å². The van der Waals surface area contributed by atoms with Crippen LogP contribution < -0.4 is 5.32 Å². The average molecular weight is 388 g/mol. The summed E-state index contributed by atoms with van der Waals surface area (Å²) in [4.78, 5) is 4.84. The number of hydrogen-bond acceptors (Lipinski definition) is 5. The van der Waals surface area contributed by atoms with Crippen LogP contribution in [0, 0.1) is 0 Å².